The van der Waals surface area contributed by atoms with Crippen LogP contribution in [0.5, 0.6) is 11.5 Å². The van der Waals surface area contributed by atoms with E-state index < -0.39 is 0 Å². The Morgan fingerprint density at radius 2 is 2.05 bits per heavy atom. The van der Waals surface area contributed by atoms with Crippen LogP contribution >= 0.6 is 0 Å². The van der Waals surface area contributed by atoms with Crippen molar-refractivity contribution in [1.29, 1.82) is 0 Å². The van der Waals surface area contributed by atoms with E-state index in [1.807, 2.05) is 11.9 Å². The van der Waals surface area contributed by atoms with Gasteiger partial charge < -0.3 is 19.7 Å². The zero-order valence-electron chi connectivity index (χ0n) is 11.7. The molecule has 2 aliphatic rings. The van der Waals surface area contributed by atoms with Gasteiger partial charge in [0.2, 0.25) is 6.79 Å². The van der Waals surface area contributed by atoms with E-state index in [0.29, 0.717) is 23.0 Å². The fraction of sp³-hybridized carbons (Fsp3) is 0.533. The standard InChI is InChI=1S/C15H20N2O3/c1-17(9-11-4-6-16-7-5-11)15(18)12-2-3-13-14(8-12)20-10-19-13/h2-3,8,11,16H,4-7,9-10H2,1H3. The van der Waals surface area contributed by atoms with Crippen LogP contribution in [0, 0.1) is 5.92 Å². The van der Waals surface area contributed by atoms with E-state index in [2.05, 4.69) is 5.32 Å². The van der Waals surface area contributed by atoms with Crippen molar-refractivity contribution in [2.75, 3.05) is 33.5 Å². The third kappa shape index (κ3) is 2.72. The van der Waals surface area contributed by atoms with E-state index in [9.17, 15) is 4.79 Å². The predicted molar refractivity (Wildman–Crippen MR) is 75.1 cm³/mol. The van der Waals surface area contributed by atoms with Crippen LogP contribution in [0.15, 0.2) is 18.2 Å². The number of amides is 1. The molecule has 2 heterocycles. The number of carbonyl (C=O) groups is 1. The first-order chi connectivity index (χ1) is 9.74. The topological polar surface area (TPSA) is 50.8 Å². The first kappa shape index (κ1) is 13.2. The van der Waals surface area contributed by atoms with Crippen molar-refractivity contribution >= 4 is 5.91 Å². The molecule has 1 aromatic rings. The van der Waals surface area contributed by atoms with Gasteiger partial charge in [-0.15, -0.1) is 0 Å². The van der Waals surface area contributed by atoms with Crippen LogP contribution in [0.25, 0.3) is 0 Å². The van der Waals surface area contributed by atoms with Crippen LogP contribution < -0.4 is 14.8 Å². The number of ether oxygens (including phenoxy) is 2. The van der Waals surface area contributed by atoms with Gasteiger partial charge in [0.25, 0.3) is 5.91 Å². The number of carbonyl (C=O) groups excluding carboxylic acids is 1. The average molecular weight is 276 g/mol. The minimum Gasteiger partial charge on any atom is -0.454 e. The highest BCUT2D eigenvalue weighted by Gasteiger charge is 2.21. The number of piperidine rings is 1. The van der Waals surface area contributed by atoms with E-state index in [4.69, 9.17) is 9.47 Å². The summed E-state index contributed by atoms with van der Waals surface area (Å²) in [6.45, 7) is 3.15. The number of hydrogen-bond acceptors (Lipinski definition) is 4. The van der Waals surface area contributed by atoms with Gasteiger partial charge in [-0.2, -0.15) is 0 Å². The molecular formula is C15H20N2O3. The lowest BCUT2D eigenvalue weighted by molar-refractivity contribution is 0.0762. The quantitative estimate of drug-likeness (QED) is 0.908. The largest absolute Gasteiger partial charge is 0.454 e. The van der Waals surface area contributed by atoms with Gasteiger partial charge >= 0.3 is 0 Å². The summed E-state index contributed by atoms with van der Waals surface area (Å²) in [5.41, 5.74) is 0.658. The molecule has 0 radical (unpaired) electrons. The summed E-state index contributed by atoms with van der Waals surface area (Å²) >= 11 is 0. The Hall–Kier alpha value is -1.75. The second-order valence-electron chi connectivity index (χ2n) is 5.45. The maximum Gasteiger partial charge on any atom is 0.253 e. The molecule has 1 aromatic carbocycles. The highest BCUT2D eigenvalue weighted by Crippen LogP contribution is 2.32. The third-order valence-electron chi connectivity index (χ3n) is 3.96. The number of fused-ring (bicyclic) bond motifs is 1. The van der Waals surface area contributed by atoms with Gasteiger partial charge in [-0.1, -0.05) is 0 Å². The zero-order valence-corrected chi connectivity index (χ0v) is 11.7. The molecule has 0 saturated carbocycles. The lowest BCUT2D eigenvalue weighted by Gasteiger charge is -2.27. The maximum absolute atomic E-state index is 12.4. The summed E-state index contributed by atoms with van der Waals surface area (Å²) in [5.74, 6) is 2.01. The second-order valence-corrected chi connectivity index (χ2v) is 5.45. The number of nitrogens with one attached hydrogen (secondary N) is 1. The zero-order chi connectivity index (χ0) is 13.9. The Morgan fingerprint density at radius 3 is 2.85 bits per heavy atom. The lowest BCUT2D eigenvalue weighted by Crippen LogP contribution is -2.37. The van der Waals surface area contributed by atoms with Crippen LogP contribution in [0.1, 0.15) is 23.2 Å². The molecule has 0 atom stereocenters. The number of nitrogens with zero attached hydrogens (tertiary/aromatic N) is 1. The molecule has 0 aliphatic carbocycles. The van der Waals surface area contributed by atoms with Crippen LogP contribution in [0.2, 0.25) is 0 Å². The number of benzene rings is 1. The minimum atomic E-state index is 0.0434. The van der Waals surface area contributed by atoms with Gasteiger partial charge in [0.05, 0.1) is 0 Å². The summed E-state index contributed by atoms with van der Waals surface area (Å²) in [5, 5.41) is 3.34. The van der Waals surface area contributed by atoms with Crippen molar-refractivity contribution in [3.8, 4) is 11.5 Å². The van der Waals surface area contributed by atoms with E-state index in [1.165, 1.54) is 0 Å². The lowest BCUT2D eigenvalue weighted by atomic mass is 9.97. The smallest absolute Gasteiger partial charge is 0.253 e. The summed E-state index contributed by atoms with van der Waals surface area (Å²) in [7, 11) is 1.87. The van der Waals surface area contributed by atoms with Crippen LogP contribution in [0.3, 0.4) is 0 Å². The minimum absolute atomic E-state index is 0.0434. The average Bonchev–Trinajstić information content (AvgIpc) is 2.94. The summed E-state index contributed by atoms with van der Waals surface area (Å²) in [4.78, 5) is 14.2. The van der Waals surface area contributed by atoms with Gasteiger partial charge in [0, 0.05) is 19.2 Å². The molecule has 0 unspecified atom stereocenters. The SMILES string of the molecule is CN(CC1CCNCC1)C(=O)c1ccc2c(c1)OCO2. The molecule has 3 rings (SSSR count). The van der Waals surface area contributed by atoms with Crippen molar-refractivity contribution in [3.05, 3.63) is 23.8 Å². The van der Waals surface area contributed by atoms with Gasteiger partial charge in [0.15, 0.2) is 11.5 Å². The monoisotopic (exact) mass is 276 g/mol. The fourth-order valence-electron chi connectivity index (χ4n) is 2.78. The Kier molecular flexibility index (Phi) is 3.78. The van der Waals surface area contributed by atoms with Gasteiger partial charge in [0.1, 0.15) is 0 Å². The van der Waals surface area contributed by atoms with Crippen molar-refractivity contribution in [2.24, 2.45) is 5.92 Å². The molecule has 108 valence electrons. The van der Waals surface area contributed by atoms with E-state index in [0.717, 1.165) is 32.5 Å². The van der Waals surface area contributed by atoms with Gasteiger partial charge in [-0.25, -0.2) is 0 Å². The number of hydrogen-bond donors (Lipinski definition) is 1. The Balaban J connectivity index is 1.65. The molecule has 1 fully saturated rings. The van der Waals surface area contributed by atoms with Crippen molar-refractivity contribution < 1.29 is 14.3 Å². The van der Waals surface area contributed by atoms with E-state index in [-0.39, 0.29) is 12.7 Å². The van der Waals surface area contributed by atoms with E-state index >= 15 is 0 Å². The fourth-order valence-corrected chi connectivity index (χ4v) is 2.78. The summed E-state index contributed by atoms with van der Waals surface area (Å²) < 4.78 is 10.6. The molecule has 1 saturated heterocycles. The number of rotatable bonds is 3. The molecule has 0 spiro atoms. The van der Waals surface area contributed by atoms with Crippen LogP contribution in [-0.4, -0.2) is 44.3 Å². The first-order valence-corrected chi connectivity index (χ1v) is 7.10. The normalized spacial score (nSPS) is 18.1. The van der Waals surface area contributed by atoms with Crippen LogP contribution in [-0.2, 0) is 0 Å². The maximum atomic E-state index is 12.4. The summed E-state index contributed by atoms with van der Waals surface area (Å²) in [6.07, 6.45) is 2.28. The second kappa shape index (κ2) is 5.71. The molecule has 1 N–H and O–H groups in total. The van der Waals surface area contributed by atoms with E-state index in [1.54, 1.807) is 18.2 Å². The highest BCUT2D eigenvalue weighted by atomic mass is 16.7. The first-order valence-electron chi connectivity index (χ1n) is 7.10. The van der Waals surface area contributed by atoms with Gasteiger partial charge in [-0.05, 0) is 50.0 Å². The molecule has 0 bridgehead atoms. The highest BCUT2D eigenvalue weighted by molar-refractivity contribution is 5.94. The molecule has 20 heavy (non-hydrogen) atoms. The summed E-state index contributed by atoms with van der Waals surface area (Å²) in [6, 6.07) is 5.37. The molecule has 1 amide bonds. The Morgan fingerprint density at radius 1 is 1.30 bits per heavy atom. The molecule has 5 heteroatoms. The van der Waals surface area contributed by atoms with Crippen molar-refractivity contribution in [1.82, 2.24) is 10.2 Å². The van der Waals surface area contributed by atoms with Crippen molar-refractivity contribution in [2.45, 2.75) is 12.8 Å². The molecule has 5 nitrogen and oxygen atoms in total. The van der Waals surface area contributed by atoms with Crippen LogP contribution in [0.4, 0.5) is 0 Å². The van der Waals surface area contributed by atoms with Crippen molar-refractivity contribution in [3.63, 3.8) is 0 Å². The Bertz CT molecular complexity index is 498. The predicted octanol–water partition coefficient (Wildman–Crippen LogP) is 1.49. The Labute approximate surface area is 118 Å². The molecule has 0 aromatic heterocycles. The molecule has 2 aliphatic heterocycles. The molecular weight excluding hydrogens is 256 g/mol. The third-order valence-corrected chi connectivity index (χ3v) is 3.96. The van der Waals surface area contributed by atoms with Gasteiger partial charge in [-0.3, -0.25) is 4.79 Å².